The summed E-state index contributed by atoms with van der Waals surface area (Å²) in [6.45, 7) is -0.243. The fourth-order valence-electron chi connectivity index (χ4n) is 1.16. The summed E-state index contributed by atoms with van der Waals surface area (Å²) in [4.78, 5) is 0.937. The van der Waals surface area contributed by atoms with Crippen molar-refractivity contribution in [2.45, 2.75) is 17.4 Å². The molecule has 0 bridgehead atoms. The molecule has 4 N–H and O–H groups in total. The fourth-order valence-corrected chi connectivity index (χ4v) is 2.04. The number of aliphatic hydroxyl groups is 2. The first-order chi connectivity index (χ1) is 7.67. The molecule has 1 aromatic carbocycles. The highest BCUT2D eigenvalue weighted by Gasteiger charge is 2.05. The third-order valence-corrected chi connectivity index (χ3v) is 3.18. The molecule has 0 heterocycles. The van der Waals surface area contributed by atoms with Gasteiger partial charge in [-0.2, -0.15) is 5.26 Å². The molecule has 0 amide bonds. The van der Waals surface area contributed by atoms with Gasteiger partial charge in [0.2, 0.25) is 0 Å². The van der Waals surface area contributed by atoms with Gasteiger partial charge >= 0.3 is 0 Å². The lowest BCUT2D eigenvalue weighted by Gasteiger charge is -2.08. The Morgan fingerprint density at radius 3 is 2.88 bits per heavy atom. The van der Waals surface area contributed by atoms with Gasteiger partial charge in [-0.1, -0.05) is 0 Å². The number of nitriles is 1. The van der Waals surface area contributed by atoms with Crippen molar-refractivity contribution in [3.05, 3.63) is 23.8 Å². The lowest BCUT2D eigenvalue weighted by atomic mass is 10.1. The summed E-state index contributed by atoms with van der Waals surface area (Å²) in [5, 5.41) is 26.5. The molecule has 86 valence electrons. The fraction of sp³-hybridized carbons (Fsp3) is 0.364. The molecule has 0 fully saturated rings. The van der Waals surface area contributed by atoms with E-state index in [1.165, 1.54) is 11.8 Å². The van der Waals surface area contributed by atoms with Crippen LogP contribution in [0.2, 0.25) is 0 Å². The normalized spacial score (nSPS) is 12.1. The van der Waals surface area contributed by atoms with E-state index in [2.05, 4.69) is 0 Å². The maximum absolute atomic E-state index is 9.20. The Kier molecular flexibility index (Phi) is 5.12. The lowest BCUT2D eigenvalue weighted by Crippen LogP contribution is -2.14. The van der Waals surface area contributed by atoms with Crippen molar-refractivity contribution in [1.82, 2.24) is 0 Å². The molecule has 1 aromatic rings. The lowest BCUT2D eigenvalue weighted by molar-refractivity contribution is 0.113. The van der Waals surface area contributed by atoms with Gasteiger partial charge in [-0.3, -0.25) is 0 Å². The van der Waals surface area contributed by atoms with Crippen molar-refractivity contribution >= 4 is 17.4 Å². The molecular formula is C11H14N2O2S. The van der Waals surface area contributed by atoms with Crippen LogP contribution in [0.25, 0.3) is 0 Å². The smallest absolute Gasteiger partial charge is 0.0864 e. The van der Waals surface area contributed by atoms with Crippen LogP contribution in [0.4, 0.5) is 5.69 Å². The minimum Gasteiger partial charge on any atom is -0.398 e. The quantitative estimate of drug-likeness (QED) is 0.521. The van der Waals surface area contributed by atoms with Gasteiger partial charge in [-0.25, -0.2) is 0 Å². The third-order valence-electron chi connectivity index (χ3n) is 2.04. The van der Waals surface area contributed by atoms with E-state index in [9.17, 15) is 5.11 Å². The number of hydrogen-bond acceptors (Lipinski definition) is 5. The van der Waals surface area contributed by atoms with Gasteiger partial charge in [0, 0.05) is 16.3 Å². The maximum atomic E-state index is 9.20. The number of hydrogen-bond donors (Lipinski definition) is 3. The molecule has 0 saturated carbocycles. The summed E-state index contributed by atoms with van der Waals surface area (Å²) in [6, 6.07) is 7.48. The van der Waals surface area contributed by atoms with E-state index in [0.717, 1.165) is 10.5 Å². The molecule has 0 saturated heterocycles. The summed E-state index contributed by atoms with van der Waals surface area (Å²) in [7, 11) is 0. The predicted molar refractivity (Wildman–Crippen MR) is 64.0 cm³/mol. The number of rotatable bonds is 5. The van der Waals surface area contributed by atoms with Crippen LogP contribution < -0.4 is 5.73 Å². The van der Waals surface area contributed by atoms with Crippen LogP contribution in [-0.2, 0) is 6.42 Å². The highest BCUT2D eigenvalue weighted by atomic mass is 32.2. The first-order valence-corrected chi connectivity index (χ1v) is 5.83. The van der Waals surface area contributed by atoms with Crippen molar-refractivity contribution < 1.29 is 10.2 Å². The second-order valence-corrected chi connectivity index (χ2v) is 4.44. The number of anilines is 1. The number of benzene rings is 1. The highest BCUT2D eigenvalue weighted by molar-refractivity contribution is 7.99. The standard InChI is InChI=1S/C11H14N2O2S/c12-4-3-8-5-10(1-2-11(8)13)16-7-9(15)6-14/h1-2,5,9,14-15H,3,6-7,13H2. The number of nitrogen functional groups attached to an aromatic ring is 1. The minimum atomic E-state index is -0.720. The van der Waals surface area contributed by atoms with E-state index in [1.807, 2.05) is 18.2 Å². The average molecular weight is 238 g/mol. The summed E-state index contributed by atoms with van der Waals surface area (Å²) >= 11 is 1.43. The molecule has 1 atom stereocenters. The Balaban J connectivity index is 2.68. The molecule has 5 heteroatoms. The Hall–Kier alpha value is -1.22. The average Bonchev–Trinajstić information content (AvgIpc) is 2.30. The van der Waals surface area contributed by atoms with Crippen LogP contribution in [0.1, 0.15) is 5.56 Å². The van der Waals surface area contributed by atoms with Crippen LogP contribution in [0.3, 0.4) is 0 Å². The van der Waals surface area contributed by atoms with Gasteiger partial charge < -0.3 is 15.9 Å². The van der Waals surface area contributed by atoms with Crippen molar-refractivity contribution in [3.63, 3.8) is 0 Å². The summed E-state index contributed by atoms with van der Waals surface area (Å²) < 4.78 is 0. The Morgan fingerprint density at radius 1 is 1.50 bits per heavy atom. The van der Waals surface area contributed by atoms with E-state index in [1.54, 1.807) is 6.07 Å². The SMILES string of the molecule is N#CCc1cc(SCC(O)CO)ccc1N. The topological polar surface area (TPSA) is 90.3 Å². The van der Waals surface area contributed by atoms with E-state index < -0.39 is 6.10 Å². The molecule has 0 aromatic heterocycles. The number of thioether (sulfide) groups is 1. The van der Waals surface area contributed by atoms with Gasteiger partial charge in [0.05, 0.1) is 25.2 Å². The second kappa shape index (κ2) is 6.38. The number of nitrogens with zero attached hydrogens (tertiary/aromatic N) is 1. The molecule has 0 aliphatic carbocycles. The maximum Gasteiger partial charge on any atom is 0.0864 e. The van der Waals surface area contributed by atoms with Gasteiger partial charge in [0.15, 0.2) is 0 Å². The molecular weight excluding hydrogens is 224 g/mol. The highest BCUT2D eigenvalue weighted by Crippen LogP contribution is 2.23. The van der Waals surface area contributed by atoms with E-state index >= 15 is 0 Å². The number of aliphatic hydroxyl groups excluding tert-OH is 2. The predicted octanol–water partition coefficient (Wildman–Crippen LogP) is 0.780. The van der Waals surface area contributed by atoms with Gasteiger partial charge in [0.25, 0.3) is 0 Å². The zero-order chi connectivity index (χ0) is 12.0. The van der Waals surface area contributed by atoms with Crippen LogP contribution in [-0.4, -0.2) is 28.7 Å². The molecule has 0 aliphatic heterocycles. The Bertz CT molecular complexity index is 390. The first-order valence-electron chi connectivity index (χ1n) is 4.84. The molecule has 16 heavy (non-hydrogen) atoms. The number of nitrogens with two attached hydrogens (primary N) is 1. The van der Waals surface area contributed by atoms with Gasteiger partial charge in [-0.05, 0) is 23.8 Å². The summed E-state index contributed by atoms with van der Waals surface area (Å²) in [5.74, 6) is 0.423. The van der Waals surface area contributed by atoms with Crippen molar-refractivity contribution in [1.29, 1.82) is 5.26 Å². The largest absolute Gasteiger partial charge is 0.398 e. The third kappa shape index (κ3) is 3.74. The summed E-state index contributed by atoms with van der Waals surface area (Å²) in [6.07, 6.45) is -0.440. The van der Waals surface area contributed by atoms with Crippen molar-refractivity contribution in [2.24, 2.45) is 0 Å². The van der Waals surface area contributed by atoms with Crippen molar-refractivity contribution in [2.75, 3.05) is 18.1 Å². The van der Waals surface area contributed by atoms with E-state index in [-0.39, 0.29) is 13.0 Å². The monoisotopic (exact) mass is 238 g/mol. The van der Waals surface area contributed by atoms with Crippen LogP contribution in [0.15, 0.2) is 23.1 Å². The van der Waals surface area contributed by atoms with Gasteiger partial charge in [-0.15, -0.1) is 11.8 Å². The Labute approximate surface area is 98.7 Å². The van der Waals surface area contributed by atoms with E-state index in [0.29, 0.717) is 11.4 Å². The van der Waals surface area contributed by atoms with Crippen molar-refractivity contribution in [3.8, 4) is 6.07 Å². The zero-order valence-electron chi connectivity index (χ0n) is 8.76. The molecule has 1 rings (SSSR count). The molecule has 0 radical (unpaired) electrons. The van der Waals surface area contributed by atoms with Crippen LogP contribution >= 0.6 is 11.8 Å². The zero-order valence-corrected chi connectivity index (χ0v) is 9.57. The molecule has 0 aliphatic rings. The first kappa shape index (κ1) is 12.8. The molecule has 4 nitrogen and oxygen atoms in total. The van der Waals surface area contributed by atoms with Gasteiger partial charge in [0.1, 0.15) is 0 Å². The molecule has 1 unspecified atom stereocenters. The van der Waals surface area contributed by atoms with E-state index in [4.69, 9.17) is 16.1 Å². The molecule has 0 spiro atoms. The summed E-state index contributed by atoms with van der Waals surface area (Å²) in [5.41, 5.74) is 7.11. The van der Waals surface area contributed by atoms with Crippen LogP contribution in [0, 0.1) is 11.3 Å². The minimum absolute atomic E-state index is 0.243. The van der Waals surface area contributed by atoms with Crippen LogP contribution in [0.5, 0.6) is 0 Å². The second-order valence-electron chi connectivity index (χ2n) is 3.34. The Morgan fingerprint density at radius 2 is 2.25 bits per heavy atom.